The maximum atomic E-state index is 4.47. The lowest BCUT2D eigenvalue weighted by Crippen LogP contribution is -2.37. The van der Waals surface area contributed by atoms with Crippen molar-refractivity contribution in [2.75, 3.05) is 0 Å². The fourth-order valence-electron chi connectivity index (χ4n) is 6.18. The summed E-state index contributed by atoms with van der Waals surface area (Å²) in [6.45, 7) is 9.37. The maximum absolute atomic E-state index is 4.47. The van der Waals surface area contributed by atoms with Gasteiger partial charge in [0.05, 0.1) is 0 Å². The van der Waals surface area contributed by atoms with Crippen LogP contribution in [0.4, 0.5) is 0 Å². The Bertz CT molecular complexity index is 530. The molecule has 3 unspecified atom stereocenters. The van der Waals surface area contributed by atoms with Crippen molar-refractivity contribution >= 4 is 0 Å². The van der Waals surface area contributed by atoms with Gasteiger partial charge in [-0.2, -0.15) is 0 Å². The van der Waals surface area contributed by atoms with Crippen LogP contribution in [0, 0.1) is 35.5 Å². The minimum atomic E-state index is 0.772. The topological polar surface area (TPSA) is 0 Å². The highest BCUT2D eigenvalue weighted by molar-refractivity contribution is 5.70. The first-order valence-corrected chi connectivity index (χ1v) is 7.36. The third kappa shape index (κ3) is 0.733. The molecule has 2 saturated carbocycles. The molecule has 5 aliphatic rings. The normalized spacial score (nSPS) is 53.4. The zero-order chi connectivity index (χ0) is 11.5. The molecule has 0 aromatic carbocycles. The van der Waals surface area contributed by atoms with Crippen LogP contribution in [0.5, 0.6) is 0 Å². The molecule has 0 amide bonds. The van der Waals surface area contributed by atoms with Crippen molar-refractivity contribution in [3.05, 3.63) is 34.4 Å². The minimum absolute atomic E-state index is 0.772. The summed E-state index contributed by atoms with van der Waals surface area (Å²) in [5, 5.41) is 0. The van der Waals surface area contributed by atoms with Gasteiger partial charge in [0.1, 0.15) is 0 Å². The van der Waals surface area contributed by atoms with E-state index in [0.717, 1.165) is 35.5 Å². The average Bonchev–Trinajstić information content (AvgIpc) is 2.57. The van der Waals surface area contributed by atoms with E-state index in [0.29, 0.717) is 0 Å². The summed E-state index contributed by atoms with van der Waals surface area (Å²) in [4.78, 5) is 0. The second-order valence-electron chi connectivity index (χ2n) is 7.07. The van der Waals surface area contributed by atoms with Gasteiger partial charge < -0.3 is 0 Å². The Morgan fingerprint density at radius 2 is 1.88 bits per heavy atom. The van der Waals surface area contributed by atoms with E-state index in [2.05, 4.69) is 20.4 Å². The molecule has 17 heavy (non-hydrogen) atoms. The predicted molar refractivity (Wildman–Crippen MR) is 69.3 cm³/mol. The lowest BCUT2D eigenvalue weighted by molar-refractivity contribution is 0.195. The van der Waals surface area contributed by atoms with Crippen LogP contribution in [0.2, 0.25) is 0 Å². The zero-order valence-corrected chi connectivity index (χ0v) is 10.8. The number of hydrogen-bond donors (Lipinski definition) is 0. The summed E-state index contributed by atoms with van der Waals surface area (Å²) >= 11 is 0. The van der Waals surface area contributed by atoms with Gasteiger partial charge in [-0.3, -0.25) is 0 Å². The largest absolute Gasteiger partial charge is 0.0993 e. The second-order valence-corrected chi connectivity index (χ2v) is 7.07. The first-order valence-electron chi connectivity index (χ1n) is 7.36. The molecule has 0 heteroatoms. The SMILES string of the molecule is C=C1C(C)C[C@@H]2C3=C4CC[C@@H]5C3=C4C(C)[C@@H]5C12. The van der Waals surface area contributed by atoms with Gasteiger partial charge in [-0.15, -0.1) is 0 Å². The highest BCUT2D eigenvalue weighted by Crippen LogP contribution is 2.73. The Morgan fingerprint density at radius 3 is 2.71 bits per heavy atom. The molecule has 0 spiro atoms. The Kier molecular flexibility index (Phi) is 1.34. The molecular formula is C17H20. The van der Waals surface area contributed by atoms with Gasteiger partial charge in [0.2, 0.25) is 0 Å². The molecular weight excluding hydrogens is 204 g/mol. The number of rotatable bonds is 0. The molecule has 0 aliphatic heterocycles. The molecule has 0 aromatic heterocycles. The van der Waals surface area contributed by atoms with E-state index in [9.17, 15) is 0 Å². The summed E-state index contributed by atoms with van der Waals surface area (Å²) in [7, 11) is 0. The molecule has 0 radical (unpaired) electrons. The van der Waals surface area contributed by atoms with Gasteiger partial charge in [-0.05, 0) is 77.1 Å². The third-order valence-corrected chi connectivity index (χ3v) is 6.69. The molecule has 88 valence electrons. The summed E-state index contributed by atoms with van der Waals surface area (Å²) in [6.07, 6.45) is 4.26. The molecule has 6 atom stereocenters. The van der Waals surface area contributed by atoms with Gasteiger partial charge in [0, 0.05) is 0 Å². The molecule has 2 fully saturated rings. The quantitative estimate of drug-likeness (QED) is 0.543. The molecule has 5 bridgehead atoms. The molecule has 0 nitrogen and oxygen atoms in total. The first-order chi connectivity index (χ1) is 8.20. The molecule has 0 N–H and O–H groups in total. The number of hydrogen-bond acceptors (Lipinski definition) is 0. The molecule has 0 aromatic rings. The van der Waals surface area contributed by atoms with Crippen LogP contribution in [0.3, 0.4) is 0 Å². The average molecular weight is 224 g/mol. The standard InChI is InChI=1S/C17H20/c1-7-6-12-13(8(7)2)14-9(3)15-10-4-5-11(14)17(15)16(10)12/h7,9,11-14H,2,4-6H2,1,3H3/t7?,9?,11-,12-,13?,14-/m0/s1. The molecule has 0 heterocycles. The van der Waals surface area contributed by atoms with Crippen LogP contribution in [0.1, 0.15) is 33.1 Å². The smallest absolute Gasteiger partial charge is 0.00819 e. The van der Waals surface area contributed by atoms with Crippen molar-refractivity contribution in [1.82, 2.24) is 0 Å². The summed E-state index contributed by atoms with van der Waals surface area (Å²) in [5.74, 6) is 5.24. The van der Waals surface area contributed by atoms with E-state index in [1.807, 2.05) is 22.3 Å². The molecule has 0 saturated heterocycles. The monoisotopic (exact) mass is 224 g/mol. The van der Waals surface area contributed by atoms with Crippen molar-refractivity contribution in [2.24, 2.45) is 35.5 Å². The number of allylic oxidation sites excluding steroid dienone is 5. The Labute approximate surface area is 103 Å². The molecule has 5 aliphatic carbocycles. The van der Waals surface area contributed by atoms with Crippen molar-refractivity contribution in [2.45, 2.75) is 33.1 Å². The van der Waals surface area contributed by atoms with Crippen LogP contribution in [0.15, 0.2) is 34.4 Å². The van der Waals surface area contributed by atoms with Crippen molar-refractivity contribution in [1.29, 1.82) is 0 Å². The van der Waals surface area contributed by atoms with E-state index in [1.54, 1.807) is 5.57 Å². The van der Waals surface area contributed by atoms with E-state index < -0.39 is 0 Å². The first kappa shape index (κ1) is 9.19. The van der Waals surface area contributed by atoms with Crippen molar-refractivity contribution in [3.8, 4) is 0 Å². The van der Waals surface area contributed by atoms with Gasteiger partial charge in [-0.1, -0.05) is 26.0 Å². The third-order valence-electron chi connectivity index (χ3n) is 6.69. The Morgan fingerprint density at radius 1 is 1.06 bits per heavy atom. The van der Waals surface area contributed by atoms with Crippen LogP contribution in [0.25, 0.3) is 0 Å². The van der Waals surface area contributed by atoms with Gasteiger partial charge >= 0.3 is 0 Å². The summed E-state index contributed by atoms with van der Waals surface area (Å²) in [5.41, 5.74) is 8.97. The van der Waals surface area contributed by atoms with Crippen molar-refractivity contribution < 1.29 is 0 Å². The van der Waals surface area contributed by atoms with Gasteiger partial charge in [0.25, 0.3) is 0 Å². The molecule has 5 rings (SSSR count). The lowest BCUT2D eigenvalue weighted by Gasteiger charge is -2.46. The van der Waals surface area contributed by atoms with E-state index in [4.69, 9.17) is 0 Å². The van der Waals surface area contributed by atoms with Gasteiger partial charge in [0.15, 0.2) is 0 Å². The predicted octanol–water partition coefficient (Wildman–Crippen LogP) is 4.11. The van der Waals surface area contributed by atoms with Crippen LogP contribution in [-0.2, 0) is 0 Å². The maximum Gasteiger partial charge on any atom is -0.00819 e. The highest BCUT2D eigenvalue weighted by atomic mass is 14.7. The van der Waals surface area contributed by atoms with Crippen LogP contribution >= 0.6 is 0 Å². The Hall–Kier alpha value is -0.780. The van der Waals surface area contributed by atoms with E-state index in [-0.39, 0.29) is 0 Å². The second kappa shape index (κ2) is 2.48. The Balaban J connectivity index is 1.76. The lowest BCUT2D eigenvalue weighted by atomic mass is 9.57. The van der Waals surface area contributed by atoms with E-state index in [1.165, 1.54) is 19.3 Å². The fraction of sp³-hybridized carbons (Fsp3) is 0.647. The highest BCUT2D eigenvalue weighted by Gasteiger charge is 2.62. The summed E-state index contributed by atoms with van der Waals surface area (Å²) < 4.78 is 0. The summed E-state index contributed by atoms with van der Waals surface area (Å²) in [6, 6.07) is 0. The van der Waals surface area contributed by atoms with Crippen LogP contribution in [-0.4, -0.2) is 0 Å². The minimum Gasteiger partial charge on any atom is -0.0993 e. The van der Waals surface area contributed by atoms with Gasteiger partial charge in [-0.25, -0.2) is 0 Å². The van der Waals surface area contributed by atoms with Crippen molar-refractivity contribution in [3.63, 3.8) is 0 Å². The number of fused-ring (bicyclic) bond motifs is 3. The van der Waals surface area contributed by atoms with E-state index >= 15 is 0 Å². The zero-order valence-electron chi connectivity index (χ0n) is 10.8. The van der Waals surface area contributed by atoms with Crippen LogP contribution < -0.4 is 0 Å². The fourth-order valence-corrected chi connectivity index (χ4v) is 6.18.